The van der Waals surface area contributed by atoms with Crippen molar-refractivity contribution in [2.24, 2.45) is 5.92 Å². The predicted molar refractivity (Wildman–Crippen MR) is 77.6 cm³/mol. The van der Waals surface area contributed by atoms with Crippen molar-refractivity contribution in [3.05, 3.63) is 0 Å². The van der Waals surface area contributed by atoms with E-state index >= 15 is 0 Å². The summed E-state index contributed by atoms with van der Waals surface area (Å²) in [6.45, 7) is 5.28. The molecular weight excluding hydrogens is 256 g/mol. The van der Waals surface area contributed by atoms with Crippen molar-refractivity contribution in [1.82, 2.24) is 10.2 Å². The first-order valence-electron chi connectivity index (χ1n) is 8.00. The summed E-state index contributed by atoms with van der Waals surface area (Å²) in [6, 6.07) is 0.313. The molecule has 2 fully saturated rings. The molecule has 2 N–H and O–H groups in total. The van der Waals surface area contributed by atoms with Crippen LogP contribution < -0.4 is 5.32 Å². The van der Waals surface area contributed by atoms with E-state index in [1.54, 1.807) is 0 Å². The maximum atomic E-state index is 12.2. The van der Waals surface area contributed by atoms with Crippen molar-refractivity contribution in [2.75, 3.05) is 26.3 Å². The van der Waals surface area contributed by atoms with Crippen molar-refractivity contribution in [3.8, 4) is 0 Å². The SMILES string of the molecule is CCOCC1CCN(C(=O)NC2CCC(O)CC2)CC1. The molecule has 0 aromatic rings. The summed E-state index contributed by atoms with van der Waals surface area (Å²) in [6.07, 6.45) is 5.31. The lowest BCUT2D eigenvalue weighted by atomic mass is 9.93. The van der Waals surface area contributed by atoms with Crippen LogP contribution >= 0.6 is 0 Å². The minimum Gasteiger partial charge on any atom is -0.393 e. The van der Waals surface area contributed by atoms with Gasteiger partial charge in [0.05, 0.1) is 6.10 Å². The van der Waals surface area contributed by atoms with Crippen LogP contribution in [0.3, 0.4) is 0 Å². The van der Waals surface area contributed by atoms with Gasteiger partial charge in [-0.2, -0.15) is 0 Å². The topological polar surface area (TPSA) is 61.8 Å². The van der Waals surface area contributed by atoms with Gasteiger partial charge in [-0.15, -0.1) is 0 Å². The minimum atomic E-state index is -0.169. The zero-order chi connectivity index (χ0) is 14.4. The maximum absolute atomic E-state index is 12.2. The summed E-state index contributed by atoms with van der Waals surface area (Å²) in [7, 11) is 0. The summed E-state index contributed by atoms with van der Waals surface area (Å²) in [5, 5.41) is 12.6. The van der Waals surface area contributed by atoms with Crippen molar-refractivity contribution >= 4 is 6.03 Å². The molecule has 116 valence electrons. The molecule has 2 aliphatic rings. The van der Waals surface area contributed by atoms with Crippen LogP contribution in [0.2, 0.25) is 0 Å². The van der Waals surface area contributed by atoms with Crippen molar-refractivity contribution in [1.29, 1.82) is 0 Å². The number of carbonyl (C=O) groups excluding carboxylic acids is 1. The molecule has 0 radical (unpaired) electrons. The Balaban J connectivity index is 1.66. The first kappa shape index (κ1) is 15.6. The van der Waals surface area contributed by atoms with E-state index in [0.717, 1.165) is 64.8 Å². The van der Waals surface area contributed by atoms with Crippen LogP contribution in [-0.4, -0.2) is 54.5 Å². The van der Waals surface area contributed by atoms with Crippen LogP contribution in [0.1, 0.15) is 45.4 Å². The van der Waals surface area contributed by atoms with Gasteiger partial charge in [0, 0.05) is 32.3 Å². The number of aliphatic hydroxyl groups excluding tert-OH is 1. The Bertz CT molecular complexity index is 295. The fourth-order valence-corrected chi connectivity index (χ4v) is 3.07. The van der Waals surface area contributed by atoms with E-state index in [1.807, 2.05) is 11.8 Å². The summed E-state index contributed by atoms with van der Waals surface area (Å²) in [5.74, 6) is 0.601. The number of ether oxygens (including phenoxy) is 1. The third kappa shape index (κ3) is 4.63. The van der Waals surface area contributed by atoms with Gasteiger partial charge in [-0.1, -0.05) is 0 Å². The molecule has 20 heavy (non-hydrogen) atoms. The Hall–Kier alpha value is -0.810. The van der Waals surface area contributed by atoms with Crippen LogP contribution in [0, 0.1) is 5.92 Å². The number of piperidine rings is 1. The highest BCUT2D eigenvalue weighted by molar-refractivity contribution is 5.74. The third-order valence-corrected chi connectivity index (χ3v) is 4.48. The first-order chi connectivity index (χ1) is 9.69. The molecule has 0 unspecified atom stereocenters. The molecule has 0 aromatic carbocycles. The van der Waals surface area contributed by atoms with E-state index < -0.39 is 0 Å². The number of rotatable bonds is 4. The number of amides is 2. The van der Waals surface area contributed by atoms with E-state index in [-0.39, 0.29) is 18.2 Å². The van der Waals surface area contributed by atoms with Gasteiger partial charge < -0.3 is 20.1 Å². The Morgan fingerprint density at radius 3 is 2.45 bits per heavy atom. The van der Waals surface area contributed by atoms with E-state index in [1.165, 1.54) is 0 Å². The summed E-state index contributed by atoms with van der Waals surface area (Å²) >= 11 is 0. The number of urea groups is 1. The maximum Gasteiger partial charge on any atom is 0.317 e. The van der Waals surface area contributed by atoms with Gasteiger partial charge in [-0.05, 0) is 51.4 Å². The first-order valence-corrected chi connectivity index (χ1v) is 8.00. The van der Waals surface area contributed by atoms with Crippen LogP contribution in [0.25, 0.3) is 0 Å². The monoisotopic (exact) mass is 284 g/mol. The summed E-state index contributed by atoms with van der Waals surface area (Å²) in [4.78, 5) is 14.1. The highest BCUT2D eigenvalue weighted by atomic mass is 16.5. The number of hydrogen-bond acceptors (Lipinski definition) is 3. The fourth-order valence-electron chi connectivity index (χ4n) is 3.07. The Kier molecular flexibility index (Phi) is 6.10. The average molecular weight is 284 g/mol. The van der Waals surface area contributed by atoms with Crippen LogP contribution in [0.5, 0.6) is 0 Å². The van der Waals surface area contributed by atoms with Crippen LogP contribution in [0.4, 0.5) is 4.79 Å². The number of nitrogens with zero attached hydrogens (tertiary/aromatic N) is 1. The molecular formula is C15H28N2O3. The highest BCUT2D eigenvalue weighted by Gasteiger charge is 2.26. The van der Waals surface area contributed by atoms with Crippen molar-refractivity contribution in [2.45, 2.75) is 57.6 Å². The lowest BCUT2D eigenvalue weighted by Gasteiger charge is -2.34. The zero-order valence-electron chi connectivity index (χ0n) is 12.5. The second-order valence-corrected chi connectivity index (χ2v) is 6.04. The summed E-state index contributed by atoms with van der Waals surface area (Å²) < 4.78 is 5.46. The zero-order valence-corrected chi connectivity index (χ0v) is 12.5. The van der Waals surface area contributed by atoms with Gasteiger partial charge in [-0.3, -0.25) is 0 Å². The standard InChI is InChI=1S/C15H28N2O3/c1-2-20-11-12-7-9-17(10-8-12)15(19)16-13-3-5-14(18)6-4-13/h12-14,18H,2-11H2,1H3,(H,16,19). The molecule has 0 aromatic heterocycles. The van der Waals surface area contributed by atoms with Gasteiger partial charge in [0.15, 0.2) is 0 Å². The molecule has 1 saturated carbocycles. The van der Waals surface area contributed by atoms with Gasteiger partial charge in [0.25, 0.3) is 0 Å². The highest BCUT2D eigenvalue weighted by Crippen LogP contribution is 2.20. The lowest BCUT2D eigenvalue weighted by Crippen LogP contribution is -2.49. The van der Waals surface area contributed by atoms with Crippen LogP contribution in [-0.2, 0) is 4.74 Å². The molecule has 5 heteroatoms. The number of aliphatic hydroxyl groups is 1. The van der Waals surface area contributed by atoms with E-state index in [0.29, 0.717) is 5.92 Å². The van der Waals surface area contributed by atoms with Gasteiger partial charge in [-0.25, -0.2) is 4.79 Å². The Morgan fingerprint density at radius 1 is 1.20 bits per heavy atom. The second-order valence-electron chi connectivity index (χ2n) is 6.04. The quantitative estimate of drug-likeness (QED) is 0.827. The van der Waals surface area contributed by atoms with E-state index in [2.05, 4.69) is 5.32 Å². The second kappa shape index (κ2) is 7.84. The molecule has 0 spiro atoms. The fraction of sp³-hybridized carbons (Fsp3) is 0.933. The van der Waals surface area contributed by atoms with Gasteiger partial charge >= 0.3 is 6.03 Å². The molecule has 0 bridgehead atoms. The summed E-state index contributed by atoms with van der Waals surface area (Å²) in [5.41, 5.74) is 0. The molecule has 2 rings (SSSR count). The molecule has 1 aliphatic carbocycles. The third-order valence-electron chi connectivity index (χ3n) is 4.48. The molecule has 1 aliphatic heterocycles. The molecule has 5 nitrogen and oxygen atoms in total. The van der Waals surface area contributed by atoms with Crippen LogP contribution in [0.15, 0.2) is 0 Å². The van der Waals surface area contributed by atoms with E-state index in [9.17, 15) is 9.90 Å². The average Bonchev–Trinajstić information content (AvgIpc) is 2.48. The number of carbonyl (C=O) groups is 1. The molecule has 0 atom stereocenters. The molecule has 1 heterocycles. The normalized spacial score (nSPS) is 28.4. The Labute approximate surface area is 121 Å². The number of hydrogen-bond donors (Lipinski definition) is 2. The van der Waals surface area contributed by atoms with Crippen molar-refractivity contribution in [3.63, 3.8) is 0 Å². The minimum absolute atomic E-state index is 0.0706. The lowest BCUT2D eigenvalue weighted by molar-refractivity contribution is 0.0784. The number of nitrogens with one attached hydrogen (secondary N) is 1. The van der Waals surface area contributed by atoms with Gasteiger partial charge in [0.1, 0.15) is 0 Å². The smallest absolute Gasteiger partial charge is 0.317 e. The Morgan fingerprint density at radius 2 is 1.85 bits per heavy atom. The largest absolute Gasteiger partial charge is 0.393 e. The number of likely N-dealkylation sites (tertiary alicyclic amines) is 1. The van der Waals surface area contributed by atoms with Crippen molar-refractivity contribution < 1.29 is 14.6 Å². The molecule has 2 amide bonds. The molecule has 1 saturated heterocycles. The predicted octanol–water partition coefficient (Wildman–Crippen LogP) is 1.75. The van der Waals surface area contributed by atoms with Gasteiger partial charge in [0.2, 0.25) is 0 Å². The van der Waals surface area contributed by atoms with E-state index in [4.69, 9.17) is 4.74 Å².